The highest BCUT2D eigenvalue weighted by atomic mass is 32.1. The van der Waals surface area contributed by atoms with Crippen molar-refractivity contribution in [1.29, 1.82) is 0 Å². The number of rotatable bonds is 7. The minimum absolute atomic E-state index is 0.944. The molecule has 0 unspecified atom stereocenters. The molecule has 0 aliphatic rings. The van der Waals surface area contributed by atoms with Gasteiger partial charge in [0.1, 0.15) is 0 Å². The van der Waals surface area contributed by atoms with E-state index in [0.717, 1.165) is 25.5 Å². The Morgan fingerprint density at radius 1 is 1.47 bits per heavy atom. The third-order valence-corrected chi connectivity index (χ3v) is 3.48. The first-order valence-electron chi connectivity index (χ1n) is 6.16. The minimum atomic E-state index is 0.944. The number of aryl methyl sites for hydroxylation is 1. The molecule has 0 spiro atoms. The van der Waals surface area contributed by atoms with Gasteiger partial charge in [0.2, 0.25) is 5.95 Å². The van der Waals surface area contributed by atoms with E-state index in [1.165, 1.54) is 18.4 Å². The lowest BCUT2D eigenvalue weighted by molar-refractivity contribution is 0.635. The van der Waals surface area contributed by atoms with Crippen LogP contribution in [0.5, 0.6) is 0 Å². The molecule has 2 aromatic heterocycles. The van der Waals surface area contributed by atoms with Crippen LogP contribution in [-0.4, -0.2) is 16.1 Å². The van der Waals surface area contributed by atoms with Crippen LogP contribution in [0, 0.1) is 0 Å². The quantitative estimate of drug-likeness (QED) is 0.815. The van der Waals surface area contributed by atoms with Crippen LogP contribution in [0.1, 0.15) is 25.3 Å². The van der Waals surface area contributed by atoms with Crippen molar-refractivity contribution >= 4 is 17.3 Å². The Kier molecular flexibility index (Phi) is 4.62. The fourth-order valence-corrected chi connectivity index (χ4v) is 2.44. The van der Waals surface area contributed by atoms with E-state index >= 15 is 0 Å². The molecule has 17 heavy (non-hydrogen) atoms. The van der Waals surface area contributed by atoms with Crippen LogP contribution in [0.25, 0.3) is 0 Å². The van der Waals surface area contributed by atoms with Crippen molar-refractivity contribution in [2.75, 3.05) is 11.9 Å². The molecule has 0 aliphatic carbocycles. The fourth-order valence-electron chi connectivity index (χ4n) is 1.74. The van der Waals surface area contributed by atoms with Gasteiger partial charge >= 0.3 is 0 Å². The van der Waals surface area contributed by atoms with Gasteiger partial charge in [0, 0.05) is 25.5 Å². The molecular weight excluding hydrogens is 230 g/mol. The predicted molar refractivity (Wildman–Crippen MR) is 73.6 cm³/mol. The summed E-state index contributed by atoms with van der Waals surface area (Å²) in [6.07, 6.45) is 7.39. The van der Waals surface area contributed by atoms with E-state index < -0.39 is 0 Å². The summed E-state index contributed by atoms with van der Waals surface area (Å²) in [6, 6.07) is 2.18. The molecule has 0 amide bonds. The number of aromatic nitrogens is 2. The predicted octanol–water partition coefficient (Wildman–Crippen LogP) is 3.40. The van der Waals surface area contributed by atoms with Gasteiger partial charge in [0.25, 0.3) is 0 Å². The van der Waals surface area contributed by atoms with Crippen LogP contribution >= 0.6 is 11.3 Å². The highest BCUT2D eigenvalue weighted by Crippen LogP contribution is 2.09. The van der Waals surface area contributed by atoms with Crippen molar-refractivity contribution in [3.8, 4) is 0 Å². The topological polar surface area (TPSA) is 29.9 Å². The van der Waals surface area contributed by atoms with Gasteiger partial charge in [-0.1, -0.05) is 13.3 Å². The fraction of sp³-hybridized carbons (Fsp3) is 0.462. The maximum atomic E-state index is 4.34. The van der Waals surface area contributed by atoms with Gasteiger partial charge in [-0.3, -0.25) is 0 Å². The molecule has 0 saturated carbocycles. The molecular formula is C13H19N3S. The molecule has 0 saturated heterocycles. The number of thiophene rings is 1. The number of hydrogen-bond donors (Lipinski definition) is 1. The van der Waals surface area contributed by atoms with Gasteiger partial charge in [0.05, 0.1) is 0 Å². The monoisotopic (exact) mass is 249 g/mol. The minimum Gasteiger partial charge on any atom is -0.355 e. The van der Waals surface area contributed by atoms with E-state index in [1.54, 1.807) is 11.3 Å². The number of hydrogen-bond acceptors (Lipinski definition) is 3. The van der Waals surface area contributed by atoms with Crippen molar-refractivity contribution in [3.63, 3.8) is 0 Å². The summed E-state index contributed by atoms with van der Waals surface area (Å²) in [6.45, 7) is 4.21. The summed E-state index contributed by atoms with van der Waals surface area (Å²) < 4.78 is 2.19. The first-order chi connectivity index (χ1) is 8.40. The second-order valence-electron chi connectivity index (χ2n) is 4.11. The van der Waals surface area contributed by atoms with E-state index in [0.29, 0.717) is 0 Å². The Balaban J connectivity index is 1.80. The molecule has 2 heterocycles. The molecule has 0 bridgehead atoms. The van der Waals surface area contributed by atoms with Crippen LogP contribution in [0.2, 0.25) is 0 Å². The molecule has 1 N–H and O–H groups in total. The second-order valence-corrected chi connectivity index (χ2v) is 4.89. The number of imidazole rings is 1. The summed E-state index contributed by atoms with van der Waals surface area (Å²) >= 11 is 1.75. The maximum absolute atomic E-state index is 4.34. The van der Waals surface area contributed by atoms with Gasteiger partial charge < -0.3 is 9.88 Å². The smallest absolute Gasteiger partial charge is 0.202 e. The van der Waals surface area contributed by atoms with Gasteiger partial charge in [-0.25, -0.2) is 4.98 Å². The third-order valence-electron chi connectivity index (χ3n) is 2.74. The average molecular weight is 249 g/mol. The lowest BCUT2D eigenvalue weighted by Crippen LogP contribution is -2.10. The Hall–Kier alpha value is -1.29. The van der Waals surface area contributed by atoms with Crippen LogP contribution in [0.15, 0.2) is 29.2 Å². The molecule has 92 valence electrons. The molecule has 0 radical (unpaired) electrons. The van der Waals surface area contributed by atoms with Crippen molar-refractivity contribution < 1.29 is 0 Å². The number of nitrogens with zero attached hydrogens (tertiary/aromatic N) is 2. The zero-order valence-electron chi connectivity index (χ0n) is 10.2. The van der Waals surface area contributed by atoms with Crippen LogP contribution < -0.4 is 5.32 Å². The highest BCUT2D eigenvalue weighted by molar-refractivity contribution is 7.07. The van der Waals surface area contributed by atoms with Crippen LogP contribution in [-0.2, 0) is 13.0 Å². The van der Waals surface area contributed by atoms with E-state index in [4.69, 9.17) is 0 Å². The molecule has 0 aromatic carbocycles. The summed E-state index contributed by atoms with van der Waals surface area (Å²) in [5.41, 5.74) is 1.40. The molecule has 0 atom stereocenters. The number of anilines is 1. The zero-order valence-corrected chi connectivity index (χ0v) is 11.0. The molecule has 2 rings (SSSR count). The number of unbranched alkanes of at least 4 members (excludes halogenated alkanes) is 1. The lowest BCUT2D eigenvalue weighted by atomic mass is 10.2. The van der Waals surface area contributed by atoms with E-state index in [2.05, 4.69) is 38.6 Å². The van der Waals surface area contributed by atoms with Crippen molar-refractivity contribution in [2.24, 2.45) is 0 Å². The van der Waals surface area contributed by atoms with Gasteiger partial charge in [0.15, 0.2) is 0 Å². The second kappa shape index (κ2) is 6.45. The van der Waals surface area contributed by atoms with E-state index in [1.807, 2.05) is 12.4 Å². The Bertz CT molecular complexity index is 420. The Morgan fingerprint density at radius 2 is 2.41 bits per heavy atom. The van der Waals surface area contributed by atoms with Gasteiger partial charge in [-0.15, -0.1) is 0 Å². The molecule has 0 fully saturated rings. The first-order valence-corrected chi connectivity index (χ1v) is 7.10. The van der Waals surface area contributed by atoms with Gasteiger partial charge in [-0.05, 0) is 35.2 Å². The highest BCUT2D eigenvalue weighted by Gasteiger charge is 2.01. The van der Waals surface area contributed by atoms with Crippen molar-refractivity contribution in [1.82, 2.24) is 9.55 Å². The molecule has 3 nitrogen and oxygen atoms in total. The standard InChI is InChI=1S/C13H19N3S/c1-2-3-8-16-9-7-15-13(16)14-6-4-12-5-10-17-11-12/h5,7,9-11H,2-4,6,8H2,1H3,(H,14,15). The normalized spacial score (nSPS) is 10.6. The Labute approximate surface area is 107 Å². The zero-order chi connectivity index (χ0) is 11.9. The number of nitrogens with one attached hydrogen (secondary N) is 1. The van der Waals surface area contributed by atoms with Crippen molar-refractivity contribution in [3.05, 3.63) is 34.8 Å². The molecule has 2 aromatic rings. The summed E-state index contributed by atoms with van der Waals surface area (Å²) in [7, 11) is 0. The molecule has 0 aliphatic heterocycles. The van der Waals surface area contributed by atoms with Crippen molar-refractivity contribution in [2.45, 2.75) is 32.7 Å². The first kappa shape index (κ1) is 12.2. The maximum Gasteiger partial charge on any atom is 0.202 e. The molecule has 4 heteroatoms. The lowest BCUT2D eigenvalue weighted by Gasteiger charge is -2.08. The Morgan fingerprint density at radius 3 is 3.18 bits per heavy atom. The SMILES string of the molecule is CCCCn1ccnc1NCCc1ccsc1. The summed E-state index contributed by atoms with van der Waals surface area (Å²) in [4.78, 5) is 4.34. The summed E-state index contributed by atoms with van der Waals surface area (Å²) in [5.74, 6) is 0.994. The van der Waals surface area contributed by atoms with Gasteiger partial charge in [-0.2, -0.15) is 11.3 Å². The third kappa shape index (κ3) is 3.60. The largest absolute Gasteiger partial charge is 0.355 e. The summed E-state index contributed by atoms with van der Waals surface area (Å²) in [5, 5.41) is 7.72. The van der Waals surface area contributed by atoms with Crippen LogP contribution in [0.3, 0.4) is 0 Å². The van der Waals surface area contributed by atoms with E-state index in [9.17, 15) is 0 Å². The van der Waals surface area contributed by atoms with Crippen LogP contribution in [0.4, 0.5) is 5.95 Å². The average Bonchev–Trinajstić information content (AvgIpc) is 2.98. The van der Waals surface area contributed by atoms with E-state index in [-0.39, 0.29) is 0 Å².